The minimum atomic E-state index is -0.641. The summed E-state index contributed by atoms with van der Waals surface area (Å²) in [7, 11) is 0. The molecule has 1 aliphatic heterocycles. The summed E-state index contributed by atoms with van der Waals surface area (Å²) in [5, 5.41) is 10.9. The van der Waals surface area contributed by atoms with Crippen LogP contribution in [0.1, 0.15) is 29.5 Å². The molecule has 0 aliphatic carbocycles. The molecule has 128 valence electrons. The van der Waals surface area contributed by atoms with Gasteiger partial charge in [-0.1, -0.05) is 60.2 Å². The average molecular weight is 325 g/mol. The molecule has 0 radical (unpaired) electrons. The zero-order valence-corrected chi connectivity index (χ0v) is 14.4. The van der Waals surface area contributed by atoms with E-state index in [2.05, 4.69) is 60.4 Å². The van der Waals surface area contributed by atoms with Gasteiger partial charge in [0.05, 0.1) is 5.60 Å². The molecule has 1 fully saturated rings. The molecule has 0 saturated carbocycles. The van der Waals surface area contributed by atoms with Crippen LogP contribution in [0.4, 0.5) is 0 Å². The second-order valence-corrected chi connectivity index (χ2v) is 6.95. The van der Waals surface area contributed by atoms with Gasteiger partial charge in [-0.05, 0) is 18.1 Å². The molecular formula is C21H27NO2. The highest BCUT2D eigenvalue weighted by atomic mass is 16.5. The van der Waals surface area contributed by atoms with Gasteiger partial charge in [0.15, 0.2) is 0 Å². The Morgan fingerprint density at radius 2 is 1.50 bits per heavy atom. The van der Waals surface area contributed by atoms with Crippen molar-refractivity contribution in [1.29, 1.82) is 0 Å². The highest BCUT2D eigenvalue weighted by Crippen LogP contribution is 2.24. The molecule has 0 unspecified atom stereocenters. The number of aliphatic hydroxyl groups is 1. The summed E-state index contributed by atoms with van der Waals surface area (Å²) in [4.78, 5) is 2.35. The Morgan fingerprint density at radius 1 is 0.917 bits per heavy atom. The van der Waals surface area contributed by atoms with Crippen LogP contribution < -0.4 is 0 Å². The van der Waals surface area contributed by atoms with Crippen molar-refractivity contribution in [2.75, 3.05) is 19.8 Å². The zero-order chi connectivity index (χ0) is 16.8. The molecular weight excluding hydrogens is 298 g/mol. The SMILES string of the molecule is Cc1ccc(CN(Cc2ccccc2)CC2(O)CCOCC2)cc1. The molecule has 3 nitrogen and oxygen atoms in total. The average Bonchev–Trinajstić information content (AvgIpc) is 2.58. The van der Waals surface area contributed by atoms with E-state index in [9.17, 15) is 5.11 Å². The fourth-order valence-electron chi connectivity index (χ4n) is 3.29. The standard InChI is InChI=1S/C21H27NO2/c1-18-7-9-20(10-8-18)16-22(15-19-5-3-2-4-6-19)17-21(23)11-13-24-14-12-21/h2-10,23H,11-17H2,1H3. The highest BCUT2D eigenvalue weighted by Gasteiger charge is 2.32. The number of nitrogens with zero attached hydrogens (tertiary/aromatic N) is 1. The lowest BCUT2D eigenvalue weighted by molar-refractivity contribution is -0.0821. The molecule has 0 amide bonds. The van der Waals surface area contributed by atoms with Crippen molar-refractivity contribution in [2.24, 2.45) is 0 Å². The topological polar surface area (TPSA) is 32.7 Å². The first kappa shape index (κ1) is 17.2. The summed E-state index contributed by atoms with van der Waals surface area (Å²) in [5.41, 5.74) is 3.20. The van der Waals surface area contributed by atoms with Gasteiger partial charge in [0.1, 0.15) is 0 Å². The van der Waals surface area contributed by atoms with Crippen molar-refractivity contribution in [1.82, 2.24) is 4.90 Å². The first-order chi connectivity index (χ1) is 11.6. The van der Waals surface area contributed by atoms with Gasteiger partial charge >= 0.3 is 0 Å². The first-order valence-corrected chi connectivity index (χ1v) is 8.75. The fraction of sp³-hybridized carbons (Fsp3) is 0.429. The van der Waals surface area contributed by atoms with Gasteiger partial charge in [0.2, 0.25) is 0 Å². The maximum atomic E-state index is 10.9. The monoisotopic (exact) mass is 325 g/mol. The summed E-state index contributed by atoms with van der Waals surface area (Å²) in [6.45, 7) is 5.78. The van der Waals surface area contributed by atoms with E-state index in [1.165, 1.54) is 16.7 Å². The molecule has 0 atom stereocenters. The minimum absolute atomic E-state index is 0.641. The van der Waals surface area contributed by atoms with Crippen molar-refractivity contribution in [3.8, 4) is 0 Å². The van der Waals surface area contributed by atoms with E-state index in [-0.39, 0.29) is 0 Å². The predicted molar refractivity (Wildman–Crippen MR) is 96.7 cm³/mol. The number of rotatable bonds is 6. The van der Waals surface area contributed by atoms with Gasteiger partial charge in [-0.2, -0.15) is 0 Å². The van der Waals surface area contributed by atoms with E-state index in [1.807, 2.05) is 6.07 Å². The maximum Gasteiger partial charge on any atom is 0.0818 e. The zero-order valence-electron chi connectivity index (χ0n) is 14.4. The first-order valence-electron chi connectivity index (χ1n) is 8.75. The molecule has 2 aromatic carbocycles. The molecule has 3 heteroatoms. The van der Waals surface area contributed by atoms with Crippen molar-refractivity contribution < 1.29 is 9.84 Å². The highest BCUT2D eigenvalue weighted by molar-refractivity contribution is 5.22. The van der Waals surface area contributed by atoms with Gasteiger partial charge in [-0.3, -0.25) is 4.90 Å². The maximum absolute atomic E-state index is 10.9. The van der Waals surface area contributed by atoms with Crippen molar-refractivity contribution in [2.45, 2.75) is 38.5 Å². The molecule has 0 aromatic heterocycles. The van der Waals surface area contributed by atoms with Crippen LogP contribution in [0, 0.1) is 6.92 Å². The molecule has 0 spiro atoms. The van der Waals surface area contributed by atoms with Crippen LogP contribution in [-0.2, 0) is 17.8 Å². The number of aryl methyl sites for hydroxylation is 1. The van der Waals surface area contributed by atoms with Crippen LogP contribution in [0.5, 0.6) is 0 Å². The Labute approximate surface area is 144 Å². The van der Waals surface area contributed by atoms with Crippen LogP contribution in [0.3, 0.4) is 0 Å². The summed E-state index contributed by atoms with van der Waals surface area (Å²) >= 11 is 0. The summed E-state index contributed by atoms with van der Waals surface area (Å²) in [6.07, 6.45) is 1.43. The molecule has 1 saturated heterocycles. The van der Waals surface area contributed by atoms with Gasteiger partial charge in [-0.15, -0.1) is 0 Å². The predicted octanol–water partition coefficient (Wildman–Crippen LogP) is 3.54. The van der Waals surface area contributed by atoms with E-state index in [4.69, 9.17) is 4.74 Å². The van der Waals surface area contributed by atoms with E-state index in [0.717, 1.165) is 13.1 Å². The summed E-state index contributed by atoms with van der Waals surface area (Å²) < 4.78 is 5.42. The number of hydrogen-bond donors (Lipinski definition) is 1. The number of benzene rings is 2. The fourth-order valence-corrected chi connectivity index (χ4v) is 3.29. The van der Waals surface area contributed by atoms with E-state index < -0.39 is 5.60 Å². The quantitative estimate of drug-likeness (QED) is 0.882. The largest absolute Gasteiger partial charge is 0.388 e. The van der Waals surface area contributed by atoms with Gasteiger partial charge < -0.3 is 9.84 Å². The molecule has 1 heterocycles. The van der Waals surface area contributed by atoms with E-state index >= 15 is 0 Å². The molecule has 2 aromatic rings. The molecule has 24 heavy (non-hydrogen) atoms. The molecule has 1 aliphatic rings. The Morgan fingerprint density at radius 3 is 2.12 bits per heavy atom. The van der Waals surface area contributed by atoms with Crippen LogP contribution in [0.15, 0.2) is 54.6 Å². The minimum Gasteiger partial charge on any atom is -0.388 e. The van der Waals surface area contributed by atoms with Crippen LogP contribution in [0.2, 0.25) is 0 Å². The third-order valence-electron chi connectivity index (χ3n) is 4.72. The Hall–Kier alpha value is -1.68. The molecule has 1 N–H and O–H groups in total. The van der Waals surface area contributed by atoms with Gasteiger partial charge in [-0.25, -0.2) is 0 Å². The van der Waals surface area contributed by atoms with Crippen LogP contribution in [0.25, 0.3) is 0 Å². The summed E-state index contributed by atoms with van der Waals surface area (Å²) in [6, 6.07) is 19.2. The lowest BCUT2D eigenvalue weighted by Gasteiger charge is -2.37. The second kappa shape index (κ2) is 7.93. The summed E-state index contributed by atoms with van der Waals surface area (Å²) in [5.74, 6) is 0. The Bertz CT molecular complexity index is 618. The van der Waals surface area contributed by atoms with Crippen LogP contribution >= 0.6 is 0 Å². The Balaban J connectivity index is 1.73. The smallest absolute Gasteiger partial charge is 0.0818 e. The van der Waals surface area contributed by atoms with Gasteiger partial charge in [0, 0.05) is 45.7 Å². The number of ether oxygens (including phenoxy) is 1. The van der Waals surface area contributed by atoms with E-state index in [0.29, 0.717) is 32.6 Å². The second-order valence-electron chi connectivity index (χ2n) is 6.95. The van der Waals surface area contributed by atoms with Crippen molar-refractivity contribution in [3.05, 3.63) is 71.3 Å². The van der Waals surface area contributed by atoms with Crippen LogP contribution in [-0.4, -0.2) is 35.4 Å². The van der Waals surface area contributed by atoms with Crippen molar-refractivity contribution in [3.63, 3.8) is 0 Å². The normalized spacial score (nSPS) is 17.1. The third kappa shape index (κ3) is 4.91. The van der Waals surface area contributed by atoms with E-state index in [1.54, 1.807) is 0 Å². The Kier molecular flexibility index (Phi) is 5.67. The van der Waals surface area contributed by atoms with Gasteiger partial charge in [0.25, 0.3) is 0 Å². The molecule has 3 rings (SSSR count). The third-order valence-corrected chi connectivity index (χ3v) is 4.72. The molecule has 0 bridgehead atoms. The lowest BCUT2D eigenvalue weighted by atomic mass is 9.93. The number of hydrogen-bond acceptors (Lipinski definition) is 3. The lowest BCUT2D eigenvalue weighted by Crippen LogP contribution is -2.46. The van der Waals surface area contributed by atoms with Crippen molar-refractivity contribution >= 4 is 0 Å².